The zero-order chi connectivity index (χ0) is 25.1. The zero-order valence-electron chi connectivity index (χ0n) is 20.1. The Morgan fingerprint density at radius 1 is 0.556 bits per heavy atom. The molecule has 180 valence electrons. The molecule has 0 atom stereocenters. The largest absolute Gasteiger partial charge is 0.494 e. The van der Waals surface area contributed by atoms with Crippen molar-refractivity contribution < 1.29 is 19.1 Å². The molecule has 1 aliphatic carbocycles. The van der Waals surface area contributed by atoms with E-state index in [1.165, 1.54) is 0 Å². The Balaban J connectivity index is 1.56. The molecule has 6 heteroatoms. The van der Waals surface area contributed by atoms with Gasteiger partial charge in [0.2, 0.25) is 0 Å². The molecule has 0 fully saturated rings. The molecule has 4 aromatic rings. The minimum Gasteiger partial charge on any atom is -0.494 e. The second-order valence-corrected chi connectivity index (χ2v) is 8.28. The Hall–Kier alpha value is -4.58. The molecule has 0 unspecified atom stereocenters. The van der Waals surface area contributed by atoms with Crippen molar-refractivity contribution in [3.8, 4) is 11.5 Å². The molecule has 2 N–H and O–H groups in total. The average molecular weight is 479 g/mol. The van der Waals surface area contributed by atoms with E-state index >= 15 is 0 Å². The standard InChI is InChI=1S/C30H26N2O4/c1-3-35-21-13-9-19(10-14-21)31-25-17-18-26(32-20-11-15-22(16-12-20)36-4-2)28-27(25)29(33)23-7-5-6-8-24(23)30(28)34/h5-18,31-32H,3-4H2,1-2H3. The van der Waals surface area contributed by atoms with Crippen LogP contribution >= 0.6 is 0 Å². The number of carbonyl (C=O) groups excluding carboxylic acids is 2. The summed E-state index contributed by atoms with van der Waals surface area (Å²) in [4.78, 5) is 27.3. The highest BCUT2D eigenvalue weighted by atomic mass is 16.5. The van der Waals surface area contributed by atoms with Gasteiger partial charge < -0.3 is 20.1 Å². The van der Waals surface area contributed by atoms with Crippen LogP contribution in [0.1, 0.15) is 45.7 Å². The number of hydrogen-bond donors (Lipinski definition) is 2. The lowest BCUT2D eigenvalue weighted by molar-refractivity contribution is 0.0980. The first kappa shape index (κ1) is 23.2. The first-order valence-corrected chi connectivity index (χ1v) is 11.9. The topological polar surface area (TPSA) is 76.7 Å². The summed E-state index contributed by atoms with van der Waals surface area (Å²) in [6.07, 6.45) is 0. The van der Waals surface area contributed by atoms with Gasteiger partial charge in [0.1, 0.15) is 11.5 Å². The third kappa shape index (κ3) is 4.41. The van der Waals surface area contributed by atoms with Crippen molar-refractivity contribution >= 4 is 34.3 Å². The second-order valence-electron chi connectivity index (χ2n) is 8.28. The Kier molecular flexibility index (Phi) is 6.41. The molecule has 0 saturated carbocycles. The van der Waals surface area contributed by atoms with Gasteiger partial charge in [-0.15, -0.1) is 0 Å². The van der Waals surface area contributed by atoms with E-state index in [-0.39, 0.29) is 11.6 Å². The van der Waals surface area contributed by atoms with Crippen molar-refractivity contribution in [2.75, 3.05) is 23.8 Å². The molecule has 0 aromatic heterocycles. The number of carbonyl (C=O) groups is 2. The van der Waals surface area contributed by atoms with Gasteiger partial charge in [0.25, 0.3) is 0 Å². The predicted molar refractivity (Wildman–Crippen MR) is 142 cm³/mol. The molecule has 0 radical (unpaired) electrons. The molecule has 5 rings (SSSR count). The van der Waals surface area contributed by atoms with Crippen LogP contribution in [0.5, 0.6) is 11.5 Å². The van der Waals surface area contributed by atoms with Crippen LogP contribution in [0.25, 0.3) is 0 Å². The van der Waals surface area contributed by atoms with Crippen LogP contribution < -0.4 is 20.1 Å². The molecular formula is C30H26N2O4. The molecule has 36 heavy (non-hydrogen) atoms. The minimum absolute atomic E-state index is 0.191. The second kappa shape index (κ2) is 9.96. The number of hydrogen-bond acceptors (Lipinski definition) is 6. The van der Waals surface area contributed by atoms with Crippen LogP contribution in [0, 0.1) is 0 Å². The highest BCUT2D eigenvalue weighted by Crippen LogP contribution is 2.38. The molecule has 0 bridgehead atoms. The lowest BCUT2D eigenvalue weighted by Crippen LogP contribution is -2.23. The smallest absolute Gasteiger partial charge is 0.196 e. The summed E-state index contributed by atoms with van der Waals surface area (Å²) in [7, 11) is 0. The Morgan fingerprint density at radius 2 is 0.944 bits per heavy atom. The number of ketones is 2. The number of fused-ring (bicyclic) bond motifs is 2. The fourth-order valence-corrected chi connectivity index (χ4v) is 4.34. The molecule has 4 aromatic carbocycles. The summed E-state index contributed by atoms with van der Waals surface area (Å²) in [6, 6.07) is 25.6. The number of ether oxygens (including phenoxy) is 2. The molecule has 0 amide bonds. The summed E-state index contributed by atoms with van der Waals surface area (Å²) in [5, 5.41) is 6.65. The number of anilines is 4. The third-order valence-electron chi connectivity index (χ3n) is 5.96. The van der Waals surface area contributed by atoms with E-state index in [0.29, 0.717) is 46.8 Å². The monoisotopic (exact) mass is 478 g/mol. The van der Waals surface area contributed by atoms with E-state index in [9.17, 15) is 9.59 Å². The van der Waals surface area contributed by atoms with Crippen LogP contribution in [0.15, 0.2) is 84.9 Å². The van der Waals surface area contributed by atoms with Gasteiger partial charge >= 0.3 is 0 Å². The number of rotatable bonds is 8. The van der Waals surface area contributed by atoms with E-state index in [1.54, 1.807) is 24.3 Å². The SMILES string of the molecule is CCOc1ccc(Nc2ccc(Nc3ccc(OCC)cc3)c3c2C(=O)c2ccccc2C3=O)cc1. The minimum atomic E-state index is -0.191. The zero-order valence-corrected chi connectivity index (χ0v) is 20.1. The van der Waals surface area contributed by atoms with E-state index in [4.69, 9.17) is 9.47 Å². The van der Waals surface area contributed by atoms with Crippen LogP contribution in [0.3, 0.4) is 0 Å². The van der Waals surface area contributed by atoms with Gasteiger partial charge in [-0.2, -0.15) is 0 Å². The van der Waals surface area contributed by atoms with E-state index in [0.717, 1.165) is 22.9 Å². The van der Waals surface area contributed by atoms with Gasteiger partial charge in [0.15, 0.2) is 11.6 Å². The number of nitrogens with one attached hydrogen (secondary N) is 2. The average Bonchev–Trinajstić information content (AvgIpc) is 2.90. The summed E-state index contributed by atoms with van der Waals surface area (Å²) < 4.78 is 11.0. The molecule has 1 aliphatic rings. The van der Waals surface area contributed by atoms with Crippen molar-refractivity contribution in [3.05, 3.63) is 107 Å². The summed E-state index contributed by atoms with van der Waals surface area (Å²) in [5.74, 6) is 1.15. The maximum Gasteiger partial charge on any atom is 0.196 e. The first-order valence-electron chi connectivity index (χ1n) is 11.9. The molecular weight excluding hydrogens is 452 g/mol. The van der Waals surface area contributed by atoms with Gasteiger partial charge in [0, 0.05) is 22.5 Å². The van der Waals surface area contributed by atoms with Crippen molar-refractivity contribution in [3.63, 3.8) is 0 Å². The fourth-order valence-electron chi connectivity index (χ4n) is 4.34. The molecule has 0 aliphatic heterocycles. The quantitative estimate of drug-likeness (QED) is 0.257. The van der Waals surface area contributed by atoms with Crippen molar-refractivity contribution in [2.45, 2.75) is 13.8 Å². The van der Waals surface area contributed by atoms with Crippen molar-refractivity contribution in [1.82, 2.24) is 0 Å². The Bertz CT molecular complexity index is 1320. The van der Waals surface area contributed by atoms with Crippen LogP contribution in [-0.4, -0.2) is 24.8 Å². The van der Waals surface area contributed by atoms with Gasteiger partial charge in [-0.1, -0.05) is 24.3 Å². The normalized spacial score (nSPS) is 11.9. The highest BCUT2D eigenvalue weighted by Gasteiger charge is 2.34. The maximum atomic E-state index is 13.7. The fraction of sp³-hybridized carbons (Fsp3) is 0.133. The lowest BCUT2D eigenvalue weighted by Gasteiger charge is -2.24. The Labute approximate surface area is 209 Å². The van der Waals surface area contributed by atoms with Gasteiger partial charge in [-0.05, 0) is 74.5 Å². The molecule has 0 spiro atoms. The number of benzene rings is 4. The van der Waals surface area contributed by atoms with E-state index in [2.05, 4.69) is 10.6 Å². The van der Waals surface area contributed by atoms with Crippen LogP contribution in [0.4, 0.5) is 22.7 Å². The lowest BCUT2D eigenvalue weighted by atomic mass is 9.82. The molecule has 6 nitrogen and oxygen atoms in total. The Morgan fingerprint density at radius 3 is 1.31 bits per heavy atom. The van der Waals surface area contributed by atoms with Gasteiger partial charge in [0.05, 0.1) is 35.7 Å². The highest BCUT2D eigenvalue weighted by molar-refractivity contribution is 6.32. The maximum absolute atomic E-state index is 13.7. The van der Waals surface area contributed by atoms with Gasteiger partial charge in [-0.25, -0.2) is 0 Å². The van der Waals surface area contributed by atoms with E-state index in [1.807, 2.05) is 74.5 Å². The molecule has 0 saturated heterocycles. The first-order chi connectivity index (χ1) is 17.6. The summed E-state index contributed by atoms with van der Waals surface area (Å²) in [5.41, 5.74) is 4.22. The van der Waals surface area contributed by atoms with E-state index < -0.39 is 0 Å². The van der Waals surface area contributed by atoms with Crippen LogP contribution in [-0.2, 0) is 0 Å². The van der Waals surface area contributed by atoms with Crippen LogP contribution in [0.2, 0.25) is 0 Å². The van der Waals surface area contributed by atoms with Crippen molar-refractivity contribution in [1.29, 1.82) is 0 Å². The molecule has 0 heterocycles. The van der Waals surface area contributed by atoms with Gasteiger partial charge in [-0.3, -0.25) is 9.59 Å². The predicted octanol–water partition coefficient (Wildman–Crippen LogP) is 6.75. The van der Waals surface area contributed by atoms with Crippen molar-refractivity contribution in [2.24, 2.45) is 0 Å². The third-order valence-corrected chi connectivity index (χ3v) is 5.96. The summed E-state index contributed by atoms with van der Waals surface area (Å²) in [6.45, 7) is 5.03. The summed E-state index contributed by atoms with van der Waals surface area (Å²) >= 11 is 0.